The van der Waals surface area contributed by atoms with Gasteiger partial charge in [-0.25, -0.2) is 0 Å². The van der Waals surface area contributed by atoms with E-state index in [1.807, 2.05) is 4.90 Å². The molecule has 4 rings (SSSR count). The lowest BCUT2D eigenvalue weighted by Crippen LogP contribution is -2.30. The average Bonchev–Trinajstić information content (AvgIpc) is 3.32. The van der Waals surface area contributed by atoms with Crippen LogP contribution in [-0.2, 0) is 4.74 Å². The van der Waals surface area contributed by atoms with Crippen LogP contribution < -0.4 is 0 Å². The summed E-state index contributed by atoms with van der Waals surface area (Å²) in [5, 5.41) is 4.16. The lowest BCUT2D eigenvalue weighted by molar-refractivity contribution is 0.0709. The van der Waals surface area contributed by atoms with Gasteiger partial charge in [-0.3, -0.25) is 9.78 Å². The zero-order valence-corrected chi connectivity index (χ0v) is 13.4. The molecule has 126 valence electrons. The van der Waals surface area contributed by atoms with Crippen LogP contribution in [0.5, 0.6) is 0 Å². The van der Waals surface area contributed by atoms with E-state index in [4.69, 9.17) is 9.26 Å². The van der Waals surface area contributed by atoms with Gasteiger partial charge in [0, 0.05) is 38.1 Å². The first kappa shape index (κ1) is 15.3. The van der Waals surface area contributed by atoms with Crippen molar-refractivity contribution in [3.63, 3.8) is 0 Å². The Balaban J connectivity index is 1.52. The smallest absolute Gasteiger partial charge is 0.256 e. The Morgan fingerprint density at radius 3 is 2.92 bits per heavy atom. The van der Waals surface area contributed by atoms with E-state index >= 15 is 0 Å². The van der Waals surface area contributed by atoms with Crippen LogP contribution in [0.4, 0.5) is 0 Å². The van der Waals surface area contributed by atoms with E-state index in [0.29, 0.717) is 23.9 Å². The first-order valence-corrected chi connectivity index (χ1v) is 8.45. The molecule has 0 aliphatic carbocycles. The molecule has 0 bridgehead atoms. The molecule has 1 unspecified atom stereocenters. The standard InChI is InChI=1S/C17H20N4O3/c22-17(13-3-1-7-18-11-13)21-8-2-4-14(21)16-19-15(20-24-16)12-5-9-23-10-6-12/h1,3,7,11-12,14H,2,4-6,8-10H2. The normalized spacial score (nSPS) is 22.0. The van der Waals surface area contributed by atoms with Crippen LogP contribution in [0.1, 0.15) is 59.7 Å². The maximum Gasteiger partial charge on any atom is 0.256 e. The minimum atomic E-state index is -0.140. The first-order valence-electron chi connectivity index (χ1n) is 8.45. The fourth-order valence-corrected chi connectivity index (χ4v) is 3.43. The molecule has 2 aromatic heterocycles. The van der Waals surface area contributed by atoms with Crippen molar-refractivity contribution in [2.75, 3.05) is 19.8 Å². The molecule has 2 aromatic rings. The van der Waals surface area contributed by atoms with Crippen molar-refractivity contribution in [1.29, 1.82) is 0 Å². The SMILES string of the molecule is O=C(c1cccnc1)N1CCCC1c1nc(C2CCOCC2)no1. The van der Waals surface area contributed by atoms with Gasteiger partial charge in [-0.15, -0.1) is 0 Å². The second-order valence-corrected chi connectivity index (χ2v) is 6.28. The fourth-order valence-electron chi connectivity index (χ4n) is 3.43. The zero-order chi connectivity index (χ0) is 16.4. The summed E-state index contributed by atoms with van der Waals surface area (Å²) < 4.78 is 10.9. The van der Waals surface area contributed by atoms with Crippen molar-refractivity contribution in [3.05, 3.63) is 41.8 Å². The van der Waals surface area contributed by atoms with Crippen molar-refractivity contribution in [2.45, 2.75) is 37.6 Å². The van der Waals surface area contributed by atoms with Crippen LogP contribution in [-0.4, -0.2) is 45.7 Å². The van der Waals surface area contributed by atoms with Gasteiger partial charge in [0.1, 0.15) is 6.04 Å². The topological polar surface area (TPSA) is 81.4 Å². The molecule has 2 aliphatic rings. The van der Waals surface area contributed by atoms with E-state index in [9.17, 15) is 4.79 Å². The summed E-state index contributed by atoms with van der Waals surface area (Å²) in [5.74, 6) is 1.55. The minimum Gasteiger partial charge on any atom is -0.381 e. The van der Waals surface area contributed by atoms with Crippen LogP contribution in [0.25, 0.3) is 0 Å². The molecule has 1 atom stereocenters. The molecule has 24 heavy (non-hydrogen) atoms. The van der Waals surface area contributed by atoms with E-state index < -0.39 is 0 Å². The second-order valence-electron chi connectivity index (χ2n) is 6.28. The van der Waals surface area contributed by atoms with Gasteiger partial charge in [0.2, 0.25) is 5.89 Å². The number of likely N-dealkylation sites (tertiary alicyclic amines) is 1. The fraction of sp³-hybridized carbons (Fsp3) is 0.529. The summed E-state index contributed by atoms with van der Waals surface area (Å²) in [4.78, 5) is 23.2. The molecule has 7 heteroatoms. The van der Waals surface area contributed by atoms with E-state index in [1.165, 1.54) is 0 Å². The van der Waals surface area contributed by atoms with E-state index in [0.717, 1.165) is 44.7 Å². The lowest BCUT2D eigenvalue weighted by atomic mass is 10.00. The highest BCUT2D eigenvalue weighted by Crippen LogP contribution is 2.33. The first-order chi connectivity index (χ1) is 11.8. The Hall–Kier alpha value is -2.28. The molecule has 0 radical (unpaired) electrons. The predicted molar refractivity (Wildman–Crippen MR) is 84.3 cm³/mol. The summed E-state index contributed by atoms with van der Waals surface area (Å²) in [5.41, 5.74) is 0.591. The van der Waals surface area contributed by atoms with Crippen molar-refractivity contribution < 1.29 is 14.1 Å². The number of carbonyl (C=O) groups is 1. The summed E-state index contributed by atoms with van der Waals surface area (Å²) in [7, 11) is 0. The summed E-state index contributed by atoms with van der Waals surface area (Å²) >= 11 is 0. The highest BCUT2D eigenvalue weighted by atomic mass is 16.5. The quantitative estimate of drug-likeness (QED) is 0.860. The molecule has 2 fully saturated rings. The number of nitrogens with zero attached hydrogens (tertiary/aromatic N) is 4. The third kappa shape index (κ3) is 2.91. The third-order valence-electron chi connectivity index (χ3n) is 4.75. The van der Waals surface area contributed by atoms with Gasteiger partial charge in [-0.2, -0.15) is 4.98 Å². The molecule has 2 aliphatic heterocycles. The number of aromatic nitrogens is 3. The molecule has 2 saturated heterocycles. The monoisotopic (exact) mass is 328 g/mol. The van der Waals surface area contributed by atoms with Crippen molar-refractivity contribution in [1.82, 2.24) is 20.0 Å². The van der Waals surface area contributed by atoms with Crippen LogP contribution in [0.2, 0.25) is 0 Å². The molecule has 0 saturated carbocycles. The Morgan fingerprint density at radius 2 is 2.12 bits per heavy atom. The molecule has 0 aromatic carbocycles. The molecule has 4 heterocycles. The summed E-state index contributed by atoms with van der Waals surface area (Å²) in [6, 6.07) is 3.42. The van der Waals surface area contributed by atoms with Gasteiger partial charge in [0.05, 0.1) is 5.56 Å². The number of carbonyl (C=O) groups excluding carboxylic acids is 1. The molecule has 0 spiro atoms. The zero-order valence-electron chi connectivity index (χ0n) is 13.4. The van der Waals surface area contributed by atoms with Crippen molar-refractivity contribution in [2.24, 2.45) is 0 Å². The van der Waals surface area contributed by atoms with E-state index in [2.05, 4.69) is 15.1 Å². The summed E-state index contributed by atoms with van der Waals surface area (Å²) in [6.07, 6.45) is 6.88. The predicted octanol–water partition coefficient (Wildman–Crippen LogP) is 2.34. The van der Waals surface area contributed by atoms with E-state index in [1.54, 1.807) is 24.5 Å². The van der Waals surface area contributed by atoms with Gasteiger partial charge in [-0.05, 0) is 37.8 Å². The number of rotatable bonds is 3. The number of amides is 1. The molecular formula is C17H20N4O3. The number of ether oxygens (including phenoxy) is 1. The molecular weight excluding hydrogens is 308 g/mol. The van der Waals surface area contributed by atoms with Gasteiger partial charge in [-0.1, -0.05) is 5.16 Å². The number of hydrogen-bond acceptors (Lipinski definition) is 6. The van der Waals surface area contributed by atoms with Crippen LogP contribution >= 0.6 is 0 Å². The molecule has 0 N–H and O–H groups in total. The third-order valence-corrected chi connectivity index (χ3v) is 4.75. The largest absolute Gasteiger partial charge is 0.381 e. The summed E-state index contributed by atoms with van der Waals surface area (Å²) in [6.45, 7) is 2.18. The van der Waals surface area contributed by atoms with Crippen molar-refractivity contribution in [3.8, 4) is 0 Å². The minimum absolute atomic E-state index is 0.0311. The van der Waals surface area contributed by atoms with Gasteiger partial charge < -0.3 is 14.2 Å². The lowest BCUT2D eigenvalue weighted by Gasteiger charge is -2.22. The number of pyridine rings is 1. The number of hydrogen-bond donors (Lipinski definition) is 0. The Labute approximate surface area is 140 Å². The molecule has 7 nitrogen and oxygen atoms in total. The maximum atomic E-state index is 12.7. The highest BCUT2D eigenvalue weighted by Gasteiger charge is 2.35. The van der Waals surface area contributed by atoms with Gasteiger partial charge >= 0.3 is 0 Å². The van der Waals surface area contributed by atoms with Gasteiger partial charge in [0.25, 0.3) is 5.91 Å². The maximum absolute atomic E-state index is 12.7. The molecule has 1 amide bonds. The van der Waals surface area contributed by atoms with Crippen LogP contribution in [0.3, 0.4) is 0 Å². The van der Waals surface area contributed by atoms with Crippen molar-refractivity contribution >= 4 is 5.91 Å². The average molecular weight is 328 g/mol. The van der Waals surface area contributed by atoms with Crippen LogP contribution in [0.15, 0.2) is 29.0 Å². The Morgan fingerprint density at radius 1 is 1.25 bits per heavy atom. The van der Waals surface area contributed by atoms with E-state index in [-0.39, 0.29) is 11.9 Å². The second kappa shape index (κ2) is 6.68. The highest BCUT2D eigenvalue weighted by molar-refractivity contribution is 5.94. The van der Waals surface area contributed by atoms with Crippen LogP contribution in [0, 0.1) is 0 Å². The Kier molecular flexibility index (Phi) is 4.25. The Bertz CT molecular complexity index is 697. The van der Waals surface area contributed by atoms with Gasteiger partial charge in [0.15, 0.2) is 5.82 Å².